The highest BCUT2D eigenvalue weighted by Crippen LogP contribution is 2.14. The van der Waals surface area contributed by atoms with Crippen molar-refractivity contribution in [3.8, 4) is 12.3 Å². The largest absolute Gasteiger partial charge is 0.120 e. The van der Waals surface area contributed by atoms with E-state index < -0.39 is 0 Å². The monoisotopic (exact) mass is 250 g/mol. The van der Waals surface area contributed by atoms with Crippen molar-refractivity contribution in [3.05, 3.63) is 34.3 Å². The maximum atomic E-state index is 5.19. The van der Waals surface area contributed by atoms with E-state index in [2.05, 4.69) is 46.1 Å². The van der Waals surface area contributed by atoms with Crippen molar-refractivity contribution >= 4 is 15.9 Å². The van der Waals surface area contributed by atoms with Crippen LogP contribution in [0.15, 0.2) is 28.7 Å². The van der Waals surface area contributed by atoms with Gasteiger partial charge in [0.25, 0.3) is 0 Å². The van der Waals surface area contributed by atoms with E-state index in [0.29, 0.717) is 0 Å². The van der Waals surface area contributed by atoms with Gasteiger partial charge in [-0.1, -0.05) is 34.5 Å². The Bertz CT molecular complexity index is 309. The summed E-state index contributed by atoms with van der Waals surface area (Å²) in [6, 6.07) is 8.50. The Morgan fingerprint density at radius 3 is 2.79 bits per heavy atom. The molecule has 1 aromatic carbocycles. The highest BCUT2D eigenvalue weighted by atomic mass is 79.9. The summed E-state index contributed by atoms with van der Waals surface area (Å²) in [4.78, 5) is 0. The van der Waals surface area contributed by atoms with Crippen molar-refractivity contribution in [2.75, 3.05) is 0 Å². The molecule has 0 aliphatic carbocycles. The number of halogens is 1. The van der Waals surface area contributed by atoms with Gasteiger partial charge in [-0.2, -0.15) is 0 Å². The Labute approximate surface area is 94.9 Å². The third-order valence-electron chi connectivity index (χ3n) is 2.18. The van der Waals surface area contributed by atoms with E-state index in [0.717, 1.165) is 19.3 Å². The van der Waals surface area contributed by atoms with Crippen LogP contribution in [0, 0.1) is 12.3 Å². The molecule has 0 N–H and O–H groups in total. The first kappa shape index (κ1) is 11.3. The fourth-order valence-electron chi connectivity index (χ4n) is 1.43. The van der Waals surface area contributed by atoms with E-state index in [1.807, 2.05) is 0 Å². The van der Waals surface area contributed by atoms with E-state index in [4.69, 9.17) is 6.42 Å². The number of benzene rings is 1. The number of hydrogen-bond acceptors (Lipinski definition) is 0. The molecule has 0 saturated carbocycles. The lowest BCUT2D eigenvalue weighted by atomic mass is 10.1. The van der Waals surface area contributed by atoms with Gasteiger partial charge in [0.05, 0.1) is 0 Å². The summed E-state index contributed by atoms with van der Waals surface area (Å²) >= 11 is 3.47. The SMILES string of the molecule is C#CCCCCCc1cccc(Br)c1. The van der Waals surface area contributed by atoms with Crippen molar-refractivity contribution in [2.45, 2.75) is 32.1 Å². The Morgan fingerprint density at radius 1 is 1.21 bits per heavy atom. The predicted molar refractivity (Wildman–Crippen MR) is 65.1 cm³/mol. The van der Waals surface area contributed by atoms with Crippen molar-refractivity contribution < 1.29 is 0 Å². The summed E-state index contributed by atoms with van der Waals surface area (Å²) in [5, 5.41) is 0. The summed E-state index contributed by atoms with van der Waals surface area (Å²) in [5.74, 6) is 2.67. The molecule has 1 aromatic rings. The van der Waals surface area contributed by atoms with Gasteiger partial charge >= 0.3 is 0 Å². The first-order valence-corrected chi connectivity index (χ1v) is 5.80. The first-order chi connectivity index (χ1) is 6.83. The van der Waals surface area contributed by atoms with Gasteiger partial charge in [0, 0.05) is 10.9 Å². The van der Waals surface area contributed by atoms with E-state index in [9.17, 15) is 0 Å². The molecule has 0 bridgehead atoms. The average Bonchev–Trinajstić information content (AvgIpc) is 2.18. The molecule has 1 rings (SSSR count). The quantitative estimate of drug-likeness (QED) is 0.543. The van der Waals surface area contributed by atoms with Gasteiger partial charge in [-0.3, -0.25) is 0 Å². The van der Waals surface area contributed by atoms with Crippen molar-refractivity contribution in [1.82, 2.24) is 0 Å². The van der Waals surface area contributed by atoms with Crippen LogP contribution < -0.4 is 0 Å². The lowest BCUT2D eigenvalue weighted by Crippen LogP contribution is -1.85. The maximum absolute atomic E-state index is 5.19. The van der Waals surface area contributed by atoms with Crippen LogP contribution in [-0.2, 0) is 6.42 Å². The van der Waals surface area contributed by atoms with Gasteiger partial charge in [0.2, 0.25) is 0 Å². The molecule has 0 heterocycles. The Morgan fingerprint density at radius 2 is 2.07 bits per heavy atom. The molecule has 14 heavy (non-hydrogen) atoms. The van der Waals surface area contributed by atoms with E-state index >= 15 is 0 Å². The molecule has 0 saturated heterocycles. The highest BCUT2D eigenvalue weighted by Gasteiger charge is 1.94. The molecule has 0 spiro atoms. The van der Waals surface area contributed by atoms with Crippen LogP contribution in [0.5, 0.6) is 0 Å². The third kappa shape index (κ3) is 4.48. The minimum absolute atomic E-state index is 0.915. The minimum atomic E-state index is 0.915. The van der Waals surface area contributed by atoms with Crippen LogP contribution in [0.4, 0.5) is 0 Å². The average molecular weight is 251 g/mol. The van der Waals surface area contributed by atoms with Crippen molar-refractivity contribution in [1.29, 1.82) is 0 Å². The van der Waals surface area contributed by atoms with Crippen LogP contribution in [-0.4, -0.2) is 0 Å². The topological polar surface area (TPSA) is 0 Å². The lowest BCUT2D eigenvalue weighted by Gasteiger charge is -2.01. The zero-order valence-corrected chi connectivity index (χ0v) is 9.89. The Kier molecular flexibility index (Phi) is 5.40. The van der Waals surface area contributed by atoms with Crippen LogP contribution in [0.2, 0.25) is 0 Å². The van der Waals surface area contributed by atoms with Crippen LogP contribution in [0.3, 0.4) is 0 Å². The summed E-state index contributed by atoms with van der Waals surface area (Å²) in [5.41, 5.74) is 1.40. The molecule has 0 fully saturated rings. The van der Waals surface area contributed by atoms with E-state index in [1.165, 1.54) is 22.9 Å². The zero-order valence-electron chi connectivity index (χ0n) is 8.30. The van der Waals surface area contributed by atoms with Crippen LogP contribution >= 0.6 is 15.9 Å². The number of aryl methyl sites for hydroxylation is 1. The standard InChI is InChI=1S/C13H15Br/c1-2-3-4-5-6-8-12-9-7-10-13(14)11-12/h1,7,9-11H,3-6,8H2. The molecule has 0 amide bonds. The predicted octanol–water partition coefficient (Wildman–Crippen LogP) is 4.19. The lowest BCUT2D eigenvalue weighted by molar-refractivity contribution is 0.692. The first-order valence-electron chi connectivity index (χ1n) is 5.01. The van der Waals surface area contributed by atoms with Crippen molar-refractivity contribution in [3.63, 3.8) is 0 Å². The second-order valence-electron chi connectivity index (χ2n) is 3.39. The highest BCUT2D eigenvalue weighted by molar-refractivity contribution is 9.10. The number of unbranched alkanes of at least 4 members (excludes halogenated alkanes) is 3. The molecule has 0 aromatic heterocycles. The normalized spacial score (nSPS) is 9.71. The van der Waals surface area contributed by atoms with Gasteiger partial charge in [-0.05, 0) is 37.0 Å². The molecule has 0 nitrogen and oxygen atoms in total. The molecular weight excluding hydrogens is 236 g/mol. The fraction of sp³-hybridized carbons (Fsp3) is 0.385. The van der Waals surface area contributed by atoms with Gasteiger partial charge in [-0.15, -0.1) is 12.3 Å². The molecule has 0 radical (unpaired) electrons. The molecule has 1 heteroatoms. The summed E-state index contributed by atoms with van der Waals surface area (Å²) < 4.78 is 1.17. The summed E-state index contributed by atoms with van der Waals surface area (Å²) in [7, 11) is 0. The van der Waals surface area contributed by atoms with E-state index in [-0.39, 0.29) is 0 Å². The van der Waals surface area contributed by atoms with Gasteiger partial charge in [-0.25, -0.2) is 0 Å². The van der Waals surface area contributed by atoms with Crippen molar-refractivity contribution in [2.24, 2.45) is 0 Å². The molecule has 0 unspecified atom stereocenters. The summed E-state index contributed by atoms with van der Waals surface area (Å²) in [6.45, 7) is 0. The molecule has 74 valence electrons. The molecular formula is C13H15Br. The second-order valence-corrected chi connectivity index (χ2v) is 4.31. The Hall–Kier alpha value is -0.740. The molecule has 0 aliphatic rings. The number of terminal acetylenes is 1. The smallest absolute Gasteiger partial charge is 0.0177 e. The van der Waals surface area contributed by atoms with E-state index in [1.54, 1.807) is 0 Å². The van der Waals surface area contributed by atoms with Crippen LogP contribution in [0.25, 0.3) is 0 Å². The third-order valence-corrected chi connectivity index (χ3v) is 2.67. The fourth-order valence-corrected chi connectivity index (χ4v) is 1.87. The number of hydrogen-bond donors (Lipinski definition) is 0. The second kappa shape index (κ2) is 6.68. The van der Waals surface area contributed by atoms with Crippen LogP contribution in [0.1, 0.15) is 31.2 Å². The van der Waals surface area contributed by atoms with Gasteiger partial charge in [0.15, 0.2) is 0 Å². The number of rotatable bonds is 5. The summed E-state index contributed by atoms with van der Waals surface area (Å²) in [6.07, 6.45) is 10.9. The maximum Gasteiger partial charge on any atom is 0.0177 e. The zero-order chi connectivity index (χ0) is 10.2. The van der Waals surface area contributed by atoms with Gasteiger partial charge in [0.1, 0.15) is 0 Å². The minimum Gasteiger partial charge on any atom is -0.120 e. The molecule has 0 atom stereocenters. The molecule has 0 aliphatic heterocycles. The van der Waals surface area contributed by atoms with Gasteiger partial charge < -0.3 is 0 Å². The Balaban J connectivity index is 2.22.